The maximum Gasteiger partial charge on any atom is 0.274 e. The second kappa shape index (κ2) is 10.6. The summed E-state index contributed by atoms with van der Waals surface area (Å²) in [7, 11) is 1.56. The second-order valence-electron chi connectivity index (χ2n) is 7.96. The van der Waals surface area contributed by atoms with Gasteiger partial charge in [-0.2, -0.15) is 0 Å². The van der Waals surface area contributed by atoms with Gasteiger partial charge in [-0.25, -0.2) is 8.78 Å². The van der Waals surface area contributed by atoms with E-state index in [4.69, 9.17) is 9.47 Å². The van der Waals surface area contributed by atoms with Crippen molar-refractivity contribution in [2.45, 2.75) is 19.4 Å². The second-order valence-corrected chi connectivity index (χ2v) is 9.02. The normalized spacial score (nSPS) is 15.5. The molecule has 0 fully saturated rings. The number of carbonyl (C=O) groups excluding carboxylic acids is 1. The number of amides is 1. The number of ether oxygens (including phenoxy) is 2. The summed E-state index contributed by atoms with van der Waals surface area (Å²) in [6.45, 7) is 3.53. The van der Waals surface area contributed by atoms with Crippen molar-refractivity contribution in [1.82, 2.24) is 19.7 Å². The molecule has 9 nitrogen and oxygen atoms in total. The topological polar surface area (TPSA) is 107 Å². The zero-order valence-electron chi connectivity index (χ0n) is 19.2. The summed E-state index contributed by atoms with van der Waals surface area (Å²) in [6.07, 6.45) is 1.54. The lowest BCUT2D eigenvalue weighted by atomic mass is 10.1. The van der Waals surface area contributed by atoms with Gasteiger partial charge in [-0.1, -0.05) is 17.4 Å². The van der Waals surface area contributed by atoms with Crippen LogP contribution < -0.4 is 5.43 Å². The predicted octanol–water partition coefficient (Wildman–Crippen LogP) is 2.62. The Morgan fingerprint density at radius 3 is 2.74 bits per heavy atom. The molecule has 0 saturated carbocycles. The Morgan fingerprint density at radius 2 is 2.03 bits per heavy atom. The lowest BCUT2D eigenvalue weighted by Gasteiger charge is -2.35. The first kappa shape index (κ1) is 24.9. The molecule has 1 amide bonds. The number of carbonyl (C=O) groups is 1. The number of halogens is 2. The average molecular weight is 507 g/mol. The summed E-state index contributed by atoms with van der Waals surface area (Å²) in [4.78, 5) is 27.5. The molecule has 1 atom stereocenters. The zero-order valence-corrected chi connectivity index (χ0v) is 20.0. The highest BCUT2D eigenvalue weighted by Gasteiger charge is 2.34. The first-order valence-corrected chi connectivity index (χ1v) is 11.8. The molecule has 12 heteroatoms. The molecule has 0 unspecified atom stereocenters. The number of rotatable bonds is 9. The van der Waals surface area contributed by atoms with Crippen LogP contribution in [-0.4, -0.2) is 70.7 Å². The molecular formula is C23H24F2N4O5S. The van der Waals surface area contributed by atoms with Gasteiger partial charge in [0, 0.05) is 38.9 Å². The first-order valence-electron chi connectivity index (χ1n) is 10.9. The minimum Gasteiger partial charge on any atom is -0.503 e. The molecule has 0 saturated heterocycles. The molecule has 0 radical (unpaired) electrons. The fraction of sp³-hybridized carbons (Fsp3) is 0.391. The maximum atomic E-state index is 14.0. The third-order valence-corrected chi connectivity index (χ3v) is 6.66. The number of hydrogen-bond acceptors (Lipinski definition) is 8. The first-order chi connectivity index (χ1) is 16.8. The van der Waals surface area contributed by atoms with Crippen LogP contribution in [0.3, 0.4) is 0 Å². The van der Waals surface area contributed by atoms with E-state index in [0.717, 1.165) is 23.5 Å². The fourth-order valence-corrected chi connectivity index (χ4v) is 4.75. The van der Waals surface area contributed by atoms with Gasteiger partial charge in [0.2, 0.25) is 5.43 Å². The number of nitrogens with zero attached hydrogens (tertiary/aromatic N) is 4. The Kier molecular flexibility index (Phi) is 7.53. The van der Waals surface area contributed by atoms with E-state index in [2.05, 4.69) is 10.2 Å². The molecular weight excluding hydrogens is 482 g/mol. The summed E-state index contributed by atoms with van der Waals surface area (Å²) in [5.74, 6) is -2.51. The molecule has 1 N–H and O–H groups in total. The Hall–Kier alpha value is -3.22. The van der Waals surface area contributed by atoms with Crippen molar-refractivity contribution in [1.29, 1.82) is 0 Å². The van der Waals surface area contributed by atoms with Crippen LogP contribution in [0.2, 0.25) is 0 Å². The van der Waals surface area contributed by atoms with Crippen molar-refractivity contribution in [2.24, 2.45) is 0 Å². The highest BCUT2D eigenvalue weighted by atomic mass is 32.1. The fourth-order valence-electron chi connectivity index (χ4n) is 3.88. The molecule has 1 aliphatic rings. The SMILES string of the molecule is CCN1C[C@H](COCCOC)n2cc(-c3nnc(Cc4ccc(F)cc4F)s3)c(=O)c(O)c2C1=O. The summed E-state index contributed by atoms with van der Waals surface area (Å²) < 4.78 is 39.4. The molecule has 186 valence electrons. The smallest absolute Gasteiger partial charge is 0.274 e. The van der Waals surface area contributed by atoms with E-state index in [-0.39, 0.29) is 40.9 Å². The number of fused-ring (bicyclic) bond motifs is 1. The molecule has 4 rings (SSSR count). The van der Waals surface area contributed by atoms with Gasteiger partial charge in [0.25, 0.3) is 5.91 Å². The van der Waals surface area contributed by atoms with Crippen LogP contribution in [-0.2, 0) is 15.9 Å². The molecule has 1 aromatic carbocycles. The summed E-state index contributed by atoms with van der Waals surface area (Å²) >= 11 is 1.05. The minimum absolute atomic E-state index is 0.0575. The van der Waals surface area contributed by atoms with Crippen LogP contribution >= 0.6 is 11.3 Å². The highest BCUT2D eigenvalue weighted by Crippen LogP contribution is 2.31. The van der Waals surface area contributed by atoms with Crippen molar-refractivity contribution in [3.63, 3.8) is 0 Å². The predicted molar refractivity (Wildman–Crippen MR) is 124 cm³/mol. The highest BCUT2D eigenvalue weighted by molar-refractivity contribution is 7.14. The van der Waals surface area contributed by atoms with E-state index in [1.807, 2.05) is 6.92 Å². The largest absolute Gasteiger partial charge is 0.503 e. The summed E-state index contributed by atoms with van der Waals surface area (Å²) in [6, 6.07) is 2.91. The van der Waals surface area contributed by atoms with E-state index >= 15 is 0 Å². The molecule has 0 bridgehead atoms. The number of pyridine rings is 1. The van der Waals surface area contributed by atoms with Crippen molar-refractivity contribution < 1.29 is 28.2 Å². The molecule has 3 heterocycles. The van der Waals surface area contributed by atoms with Gasteiger partial charge < -0.3 is 24.0 Å². The van der Waals surface area contributed by atoms with Gasteiger partial charge in [0.05, 0.1) is 31.4 Å². The van der Waals surface area contributed by atoms with Gasteiger partial charge in [-0.15, -0.1) is 10.2 Å². The molecule has 3 aromatic rings. The average Bonchev–Trinajstić information content (AvgIpc) is 3.30. The molecule has 35 heavy (non-hydrogen) atoms. The number of hydrogen-bond donors (Lipinski definition) is 1. The third-order valence-electron chi connectivity index (χ3n) is 5.70. The van der Waals surface area contributed by atoms with Crippen molar-refractivity contribution in [2.75, 3.05) is 40.0 Å². The summed E-state index contributed by atoms with van der Waals surface area (Å²) in [5.41, 5.74) is -0.561. The van der Waals surface area contributed by atoms with Crippen LogP contribution in [0.1, 0.15) is 34.0 Å². The van der Waals surface area contributed by atoms with Crippen molar-refractivity contribution in [3.8, 4) is 16.3 Å². The van der Waals surface area contributed by atoms with Gasteiger partial charge in [-0.3, -0.25) is 9.59 Å². The number of aromatic hydroxyl groups is 1. The van der Waals surface area contributed by atoms with Gasteiger partial charge in [-0.05, 0) is 18.6 Å². The van der Waals surface area contributed by atoms with Crippen molar-refractivity contribution >= 4 is 17.2 Å². The molecule has 0 aliphatic carbocycles. The Labute approximate surface area is 203 Å². The van der Waals surface area contributed by atoms with E-state index in [1.165, 1.54) is 12.3 Å². The van der Waals surface area contributed by atoms with Gasteiger partial charge in [0.1, 0.15) is 16.6 Å². The van der Waals surface area contributed by atoms with Crippen LogP contribution in [0, 0.1) is 11.6 Å². The third kappa shape index (κ3) is 5.09. The molecule has 2 aromatic heterocycles. The molecule has 1 aliphatic heterocycles. The van der Waals surface area contributed by atoms with Crippen LogP contribution in [0.5, 0.6) is 5.75 Å². The standard InChI is InChI=1S/C23H24F2N4O5S/c1-3-28-10-15(12-34-7-6-33-2)29-11-16(20(30)21(31)19(29)23(28)32)22-27-26-18(35-22)8-13-4-5-14(24)9-17(13)25/h4-5,9,11,15,31H,3,6-8,10,12H2,1-2H3/t15-/m1/s1. The van der Waals surface area contributed by atoms with E-state index in [0.29, 0.717) is 31.3 Å². The molecule has 0 spiro atoms. The van der Waals surface area contributed by atoms with Gasteiger partial charge >= 0.3 is 0 Å². The Bertz CT molecular complexity index is 1300. The minimum atomic E-state index is -0.753. The Morgan fingerprint density at radius 1 is 1.23 bits per heavy atom. The van der Waals surface area contributed by atoms with E-state index in [9.17, 15) is 23.5 Å². The quantitative estimate of drug-likeness (QED) is 0.445. The Balaban J connectivity index is 1.69. The van der Waals surface area contributed by atoms with E-state index in [1.54, 1.807) is 16.6 Å². The van der Waals surface area contributed by atoms with E-state index < -0.39 is 28.7 Å². The van der Waals surface area contributed by atoms with Crippen LogP contribution in [0.15, 0.2) is 29.2 Å². The van der Waals surface area contributed by atoms with Crippen molar-refractivity contribution in [3.05, 3.63) is 62.5 Å². The van der Waals surface area contributed by atoms with Crippen LogP contribution in [0.25, 0.3) is 10.6 Å². The van der Waals surface area contributed by atoms with Crippen LogP contribution in [0.4, 0.5) is 8.78 Å². The lowest BCUT2D eigenvalue weighted by Crippen LogP contribution is -2.45. The monoisotopic (exact) mass is 506 g/mol. The number of methoxy groups -OCH3 is 1. The number of likely N-dealkylation sites (N-methyl/N-ethyl adjacent to an activating group) is 1. The number of benzene rings is 1. The maximum absolute atomic E-state index is 14.0. The lowest BCUT2D eigenvalue weighted by molar-refractivity contribution is 0.0348. The zero-order chi connectivity index (χ0) is 25.1. The van der Waals surface area contributed by atoms with Gasteiger partial charge in [0.15, 0.2) is 16.5 Å². The number of aromatic nitrogens is 3. The summed E-state index contributed by atoms with van der Waals surface area (Å²) in [5, 5.41) is 19.4.